The van der Waals surface area contributed by atoms with E-state index in [0.29, 0.717) is 11.3 Å². The summed E-state index contributed by atoms with van der Waals surface area (Å²) in [5.74, 6) is -0.792. The standard InChI is InChI=1S/C14H11ClFNO/c15-13(10-5-4-6-11(16)9-10)14(18)17-12-7-2-1-3-8-12/h1-9,13H,(H,17,18). The topological polar surface area (TPSA) is 29.1 Å². The molecule has 2 aromatic rings. The molecular formula is C14H11ClFNO. The Kier molecular flexibility index (Phi) is 3.95. The molecule has 0 saturated heterocycles. The molecule has 0 saturated carbocycles. The maximum Gasteiger partial charge on any atom is 0.246 e. The Labute approximate surface area is 109 Å². The van der Waals surface area contributed by atoms with Crippen LogP contribution in [0.5, 0.6) is 0 Å². The fourth-order valence-corrected chi connectivity index (χ4v) is 1.73. The van der Waals surface area contributed by atoms with Gasteiger partial charge in [0.1, 0.15) is 11.2 Å². The zero-order valence-electron chi connectivity index (χ0n) is 9.44. The number of carbonyl (C=O) groups is 1. The summed E-state index contributed by atoms with van der Waals surface area (Å²) in [6.07, 6.45) is 0. The zero-order valence-corrected chi connectivity index (χ0v) is 10.2. The number of halogens is 2. The normalized spacial score (nSPS) is 11.9. The number of hydrogen-bond acceptors (Lipinski definition) is 1. The number of hydrogen-bond donors (Lipinski definition) is 1. The van der Waals surface area contributed by atoms with Gasteiger partial charge in [0.2, 0.25) is 5.91 Å². The molecule has 1 atom stereocenters. The number of amides is 1. The maximum atomic E-state index is 13.0. The molecule has 2 aromatic carbocycles. The summed E-state index contributed by atoms with van der Waals surface area (Å²) in [5, 5.41) is 1.75. The third-order valence-electron chi connectivity index (χ3n) is 2.41. The van der Waals surface area contributed by atoms with Crippen LogP contribution >= 0.6 is 11.6 Å². The van der Waals surface area contributed by atoms with Gasteiger partial charge in [0.15, 0.2) is 0 Å². The fraction of sp³-hybridized carbons (Fsp3) is 0.0714. The number of benzene rings is 2. The number of para-hydroxylation sites is 1. The van der Waals surface area contributed by atoms with Gasteiger partial charge in [-0.2, -0.15) is 0 Å². The van der Waals surface area contributed by atoms with E-state index < -0.39 is 11.2 Å². The molecule has 0 heterocycles. The molecule has 0 fully saturated rings. The van der Waals surface area contributed by atoms with E-state index in [1.54, 1.807) is 30.3 Å². The van der Waals surface area contributed by atoms with Gasteiger partial charge in [0, 0.05) is 5.69 Å². The zero-order chi connectivity index (χ0) is 13.0. The van der Waals surface area contributed by atoms with E-state index in [2.05, 4.69) is 5.32 Å². The van der Waals surface area contributed by atoms with Gasteiger partial charge in [-0.15, -0.1) is 11.6 Å². The average molecular weight is 264 g/mol. The molecule has 0 aliphatic heterocycles. The number of alkyl halides is 1. The van der Waals surface area contributed by atoms with Gasteiger partial charge in [-0.1, -0.05) is 30.3 Å². The fourth-order valence-electron chi connectivity index (χ4n) is 1.54. The van der Waals surface area contributed by atoms with Crippen LogP contribution in [-0.4, -0.2) is 5.91 Å². The molecule has 0 bridgehead atoms. The van der Waals surface area contributed by atoms with Crippen molar-refractivity contribution in [1.29, 1.82) is 0 Å². The monoisotopic (exact) mass is 263 g/mol. The lowest BCUT2D eigenvalue weighted by Gasteiger charge is -2.10. The Morgan fingerprint density at radius 2 is 1.83 bits per heavy atom. The maximum absolute atomic E-state index is 13.0. The summed E-state index contributed by atoms with van der Waals surface area (Å²) in [7, 11) is 0. The number of anilines is 1. The molecule has 0 aliphatic carbocycles. The van der Waals surface area contributed by atoms with E-state index in [9.17, 15) is 9.18 Å². The first-order valence-electron chi connectivity index (χ1n) is 5.42. The van der Waals surface area contributed by atoms with Crippen molar-refractivity contribution in [2.75, 3.05) is 5.32 Å². The Hall–Kier alpha value is -1.87. The van der Waals surface area contributed by atoms with Crippen molar-refractivity contribution in [3.05, 3.63) is 66.0 Å². The summed E-state index contributed by atoms with van der Waals surface area (Å²) < 4.78 is 13.0. The highest BCUT2D eigenvalue weighted by Gasteiger charge is 2.17. The van der Waals surface area contributed by atoms with Gasteiger partial charge < -0.3 is 5.32 Å². The van der Waals surface area contributed by atoms with Gasteiger partial charge in [-0.05, 0) is 29.8 Å². The van der Waals surface area contributed by atoms with Crippen molar-refractivity contribution in [3.63, 3.8) is 0 Å². The van der Waals surface area contributed by atoms with Crippen molar-refractivity contribution >= 4 is 23.2 Å². The minimum atomic E-state index is -0.916. The number of nitrogens with one attached hydrogen (secondary N) is 1. The highest BCUT2D eigenvalue weighted by molar-refractivity contribution is 6.32. The third-order valence-corrected chi connectivity index (χ3v) is 2.86. The smallest absolute Gasteiger partial charge is 0.246 e. The van der Waals surface area contributed by atoms with Gasteiger partial charge in [-0.25, -0.2) is 4.39 Å². The first-order chi connectivity index (χ1) is 8.66. The predicted octanol–water partition coefficient (Wildman–Crippen LogP) is 3.74. The second kappa shape index (κ2) is 5.65. The molecule has 92 valence electrons. The predicted molar refractivity (Wildman–Crippen MR) is 70.1 cm³/mol. The minimum absolute atomic E-state index is 0.381. The van der Waals surface area contributed by atoms with E-state index in [0.717, 1.165) is 0 Å². The quantitative estimate of drug-likeness (QED) is 0.840. The summed E-state index contributed by atoms with van der Waals surface area (Å²) in [4.78, 5) is 11.9. The molecule has 1 N–H and O–H groups in total. The number of rotatable bonds is 3. The Balaban J connectivity index is 2.10. The van der Waals surface area contributed by atoms with E-state index >= 15 is 0 Å². The van der Waals surface area contributed by atoms with Crippen molar-refractivity contribution in [1.82, 2.24) is 0 Å². The van der Waals surface area contributed by atoms with E-state index in [1.165, 1.54) is 18.2 Å². The highest BCUT2D eigenvalue weighted by atomic mass is 35.5. The van der Waals surface area contributed by atoms with Crippen LogP contribution in [0.1, 0.15) is 10.9 Å². The summed E-state index contributed by atoms with van der Waals surface area (Å²) >= 11 is 6.00. The largest absolute Gasteiger partial charge is 0.325 e. The summed E-state index contributed by atoms with van der Waals surface area (Å²) in [6, 6.07) is 14.7. The molecule has 0 aromatic heterocycles. The van der Waals surface area contributed by atoms with Crippen LogP contribution in [0.4, 0.5) is 10.1 Å². The average Bonchev–Trinajstić information content (AvgIpc) is 2.39. The molecule has 4 heteroatoms. The molecular weight excluding hydrogens is 253 g/mol. The Bertz CT molecular complexity index is 545. The second-order valence-corrected chi connectivity index (χ2v) is 4.21. The molecule has 1 amide bonds. The van der Waals surface area contributed by atoms with Crippen LogP contribution in [0.15, 0.2) is 54.6 Å². The van der Waals surface area contributed by atoms with Crippen LogP contribution in [0.2, 0.25) is 0 Å². The lowest BCUT2D eigenvalue weighted by atomic mass is 10.1. The van der Waals surface area contributed by atoms with Crippen LogP contribution in [0.25, 0.3) is 0 Å². The van der Waals surface area contributed by atoms with Gasteiger partial charge >= 0.3 is 0 Å². The van der Waals surface area contributed by atoms with Crippen LogP contribution in [0, 0.1) is 5.82 Å². The molecule has 0 spiro atoms. The second-order valence-electron chi connectivity index (χ2n) is 3.77. The summed E-state index contributed by atoms with van der Waals surface area (Å²) in [6.45, 7) is 0. The molecule has 1 unspecified atom stereocenters. The summed E-state index contributed by atoms with van der Waals surface area (Å²) in [5.41, 5.74) is 1.09. The Morgan fingerprint density at radius 3 is 2.50 bits per heavy atom. The van der Waals surface area contributed by atoms with Crippen molar-refractivity contribution < 1.29 is 9.18 Å². The van der Waals surface area contributed by atoms with E-state index in [4.69, 9.17) is 11.6 Å². The molecule has 2 nitrogen and oxygen atoms in total. The van der Waals surface area contributed by atoms with Crippen LogP contribution < -0.4 is 5.32 Å². The first-order valence-corrected chi connectivity index (χ1v) is 5.86. The van der Waals surface area contributed by atoms with Crippen LogP contribution in [0.3, 0.4) is 0 Å². The lowest BCUT2D eigenvalue weighted by Crippen LogP contribution is -2.17. The van der Waals surface area contributed by atoms with Gasteiger partial charge in [0.05, 0.1) is 0 Å². The first kappa shape index (κ1) is 12.6. The van der Waals surface area contributed by atoms with Gasteiger partial charge in [0.25, 0.3) is 0 Å². The van der Waals surface area contributed by atoms with Crippen molar-refractivity contribution in [2.24, 2.45) is 0 Å². The van der Waals surface area contributed by atoms with Gasteiger partial charge in [-0.3, -0.25) is 4.79 Å². The third kappa shape index (κ3) is 3.08. The van der Waals surface area contributed by atoms with E-state index in [1.807, 2.05) is 6.07 Å². The Morgan fingerprint density at radius 1 is 1.11 bits per heavy atom. The molecule has 2 rings (SSSR count). The number of carbonyl (C=O) groups excluding carboxylic acids is 1. The van der Waals surface area contributed by atoms with Crippen molar-refractivity contribution in [3.8, 4) is 0 Å². The molecule has 0 radical (unpaired) electrons. The SMILES string of the molecule is O=C(Nc1ccccc1)C(Cl)c1cccc(F)c1. The highest BCUT2D eigenvalue weighted by Crippen LogP contribution is 2.22. The molecule has 18 heavy (non-hydrogen) atoms. The van der Waals surface area contributed by atoms with Crippen molar-refractivity contribution in [2.45, 2.75) is 5.38 Å². The lowest BCUT2D eigenvalue weighted by molar-refractivity contribution is -0.116. The molecule has 0 aliphatic rings. The minimum Gasteiger partial charge on any atom is -0.325 e. The van der Waals surface area contributed by atoms with Crippen LogP contribution in [-0.2, 0) is 4.79 Å². The van der Waals surface area contributed by atoms with E-state index in [-0.39, 0.29) is 5.91 Å².